The van der Waals surface area contributed by atoms with E-state index in [1.54, 1.807) is 11.0 Å². The molecule has 2 heterocycles. The highest BCUT2D eigenvalue weighted by atomic mass is 35.5. The average molecular weight is 481 g/mol. The number of carbonyl (C=O) groups is 1. The topological polar surface area (TPSA) is 73.4 Å². The van der Waals surface area contributed by atoms with Crippen LogP contribution in [0.3, 0.4) is 0 Å². The molecule has 0 bridgehead atoms. The minimum Gasteiger partial charge on any atom is -0.396 e. The van der Waals surface area contributed by atoms with Gasteiger partial charge < -0.3 is 15.0 Å². The lowest BCUT2D eigenvalue weighted by Gasteiger charge is -2.32. The molecule has 8 heteroatoms. The molecule has 172 valence electrons. The van der Waals surface area contributed by atoms with Crippen LogP contribution in [0.2, 0.25) is 10.0 Å². The van der Waals surface area contributed by atoms with Crippen molar-refractivity contribution >= 4 is 29.1 Å². The number of alkyl halides is 1. The van der Waals surface area contributed by atoms with Gasteiger partial charge in [-0.05, 0) is 74.3 Å². The molecule has 1 aliphatic heterocycles. The van der Waals surface area contributed by atoms with Gasteiger partial charge in [-0.1, -0.05) is 23.2 Å². The van der Waals surface area contributed by atoms with Crippen molar-refractivity contribution in [3.05, 3.63) is 66.0 Å². The molecule has 3 atom stereocenters. The molecule has 1 amide bonds. The highest BCUT2D eigenvalue weighted by molar-refractivity contribution is 6.37. The number of aliphatic hydroxyl groups excluding tert-OH is 1. The van der Waals surface area contributed by atoms with Crippen molar-refractivity contribution in [3.8, 4) is 0 Å². The molecule has 1 fully saturated rings. The van der Waals surface area contributed by atoms with Crippen LogP contribution in [0, 0.1) is 19.8 Å². The van der Waals surface area contributed by atoms with E-state index in [1.165, 1.54) is 0 Å². The van der Waals surface area contributed by atoms with E-state index < -0.39 is 6.17 Å². The fourth-order valence-electron chi connectivity index (χ4n) is 5.17. The van der Waals surface area contributed by atoms with E-state index in [0.717, 1.165) is 11.3 Å². The van der Waals surface area contributed by atoms with E-state index in [1.807, 2.05) is 19.9 Å². The number of pyridine rings is 1. The Labute approximate surface area is 196 Å². The number of H-pyrrole nitrogens is 1. The first kappa shape index (κ1) is 23.3. The fraction of sp³-hybridized carbons (Fsp3) is 0.500. The predicted molar refractivity (Wildman–Crippen MR) is 124 cm³/mol. The van der Waals surface area contributed by atoms with Crippen LogP contribution in [0.15, 0.2) is 16.9 Å². The van der Waals surface area contributed by atoms with Gasteiger partial charge in [-0.15, -0.1) is 0 Å². The van der Waals surface area contributed by atoms with E-state index in [0.29, 0.717) is 59.5 Å². The summed E-state index contributed by atoms with van der Waals surface area (Å²) in [6.07, 6.45) is 1.13. The molecule has 1 saturated carbocycles. The minimum absolute atomic E-state index is 0.0508. The van der Waals surface area contributed by atoms with Gasteiger partial charge >= 0.3 is 0 Å². The summed E-state index contributed by atoms with van der Waals surface area (Å²) in [5, 5.41) is 10.8. The van der Waals surface area contributed by atoms with Crippen LogP contribution in [-0.4, -0.2) is 40.2 Å². The lowest BCUT2D eigenvalue weighted by Crippen LogP contribution is -2.39. The number of nitrogens with one attached hydrogen (secondary N) is 1. The van der Waals surface area contributed by atoms with E-state index in [4.69, 9.17) is 23.2 Å². The van der Waals surface area contributed by atoms with Gasteiger partial charge in [0.2, 0.25) is 0 Å². The van der Waals surface area contributed by atoms with Crippen LogP contribution < -0.4 is 5.56 Å². The fourth-order valence-corrected chi connectivity index (χ4v) is 5.87. The van der Waals surface area contributed by atoms with Crippen molar-refractivity contribution in [2.24, 2.45) is 5.92 Å². The lowest BCUT2D eigenvalue weighted by atomic mass is 9.83. The summed E-state index contributed by atoms with van der Waals surface area (Å²) in [5.41, 5.74) is 3.53. The number of aromatic amines is 1. The highest BCUT2D eigenvalue weighted by Gasteiger charge is 2.36. The Morgan fingerprint density at radius 3 is 2.62 bits per heavy atom. The second-order valence-corrected chi connectivity index (χ2v) is 9.78. The molecular formula is C24H27Cl2FN2O3. The first-order valence-electron chi connectivity index (χ1n) is 11.0. The van der Waals surface area contributed by atoms with E-state index >= 15 is 0 Å². The zero-order valence-corrected chi connectivity index (χ0v) is 19.7. The number of hydrogen-bond acceptors (Lipinski definition) is 3. The van der Waals surface area contributed by atoms with Gasteiger partial charge in [-0.2, -0.15) is 0 Å². The lowest BCUT2D eigenvalue weighted by molar-refractivity contribution is 0.0726. The number of carbonyl (C=O) groups excluding carboxylic acids is 1. The maximum Gasteiger partial charge on any atom is 0.256 e. The number of nitrogens with zero attached hydrogens (tertiary/aromatic N) is 1. The van der Waals surface area contributed by atoms with Crippen LogP contribution in [0.5, 0.6) is 0 Å². The summed E-state index contributed by atoms with van der Waals surface area (Å²) in [6, 6.07) is 3.61. The predicted octanol–water partition coefficient (Wildman–Crippen LogP) is 4.71. The van der Waals surface area contributed by atoms with Crippen LogP contribution in [0.25, 0.3) is 0 Å². The third-order valence-corrected chi connectivity index (χ3v) is 7.64. The normalized spacial score (nSPS) is 21.7. The van der Waals surface area contributed by atoms with Crippen molar-refractivity contribution in [2.45, 2.75) is 58.2 Å². The van der Waals surface area contributed by atoms with Crippen LogP contribution >= 0.6 is 23.2 Å². The van der Waals surface area contributed by atoms with E-state index in [-0.39, 0.29) is 41.5 Å². The second kappa shape index (κ2) is 9.16. The van der Waals surface area contributed by atoms with Crippen LogP contribution in [-0.2, 0) is 13.0 Å². The summed E-state index contributed by atoms with van der Waals surface area (Å²) in [4.78, 5) is 30.3. The van der Waals surface area contributed by atoms with Crippen molar-refractivity contribution in [1.82, 2.24) is 9.88 Å². The summed E-state index contributed by atoms with van der Waals surface area (Å²) in [5.74, 6) is -0.715. The summed E-state index contributed by atoms with van der Waals surface area (Å²) in [7, 11) is 0. The number of halogens is 3. The van der Waals surface area contributed by atoms with Gasteiger partial charge in [0.25, 0.3) is 11.5 Å². The Morgan fingerprint density at radius 2 is 2.00 bits per heavy atom. The van der Waals surface area contributed by atoms with E-state index in [2.05, 4.69) is 4.98 Å². The first-order chi connectivity index (χ1) is 15.2. The number of fused-ring (bicyclic) bond motifs is 1. The SMILES string of the molecule is Cc1cc(C)c(CN2CCc3c(Cl)cc(C(CO)C4CC[C@@H](F)C4)c(Cl)c3C2=O)c(=O)[nH]1. The molecule has 2 aliphatic rings. The molecule has 32 heavy (non-hydrogen) atoms. The third-order valence-electron chi connectivity index (χ3n) is 6.90. The molecule has 0 saturated heterocycles. The molecule has 4 rings (SSSR count). The van der Waals surface area contributed by atoms with Gasteiger partial charge in [0.1, 0.15) is 6.17 Å². The van der Waals surface area contributed by atoms with Gasteiger partial charge in [-0.3, -0.25) is 9.59 Å². The third kappa shape index (κ3) is 4.20. The quantitative estimate of drug-likeness (QED) is 0.650. The maximum atomic E-state index is 13.8. The van der Waals surface area contributed by atoms with Crippen LogP contribution in [0.1, 0.15) is 63.5 Å². The molecule has 2 unspecified atom stereocenters. The van der Waals surface area contributed by atoms with Crippen molar-refractivity contribution in [3.63, 3.8) is 0 Å². The Morgan fingerprint density at radius 1 is 1.25 bits per heavy atom. The monoisotopic (exact) mass is 480 g/mol. The van der Waals surface area contributed by atoms with Crippen LogP contribution in [0.4, 0.5) is 4.39 Å². The van der Waals surface area contributed by atoms with E-state index in [9.17, 15) is 19.1 Å². The number of benzene rings is 1. The summed E-state index contributed by atoms with van der Waals surface area (Å²) < 4.78 is 13.8. The zero-order chi connectivity index (χ0) is 23.2. The highest BCUT2D eigenvalue weighted by Crippen LogP contribution is 2.44. The molecule has 2 N–H and O–H groups in total. The second-order valence-electron chi connectivity index (χ2n) is 8.99. The number of aryl methyl sites for hydroxylation is 2. The Balaban J connectivity index is 1.70. The molecule has 5 nitrogen and oxygen atoms in total. The number of hydrogen-bond donors (Lipinski definition) is 2. The smallest absolute Gasteiger partial charge is 0.256 e. The Hall–Kier alpha value is -1.89. The molecule has 1 aromatic heterocycles. The zero-order valence-electron chi connectivity index (χ0n) is 18.2. The van der Waals surface area contributed by atoms with Crippen molar-refractivity contribution in [1.29, 1.82) is 0 Å². The van der Waals surface area contributed by atoms with Gasteiger partial charge in [0.05, 0.1) is 23.7 Å². The van der Waals surface area contributed by atoms with Gasteiger partial charge in [0.15, 0.2) is 0 Å². The molecule has 0 spiro atoms. The number of aliphatic hydroxyl groups is 1. The van der Waals surface area contributed by atoms with Crippen molar-refractivity contribution < 1.29 is 14.3 Å². The van der Waals surface area contributed by atoms with Gasteiger partial charge in [-0.25, -0.2) is 4.39 Å². The summed E-state index contributed by atoms with van der Waals surface area (Å²) in [6.45, 7) is 4.07. The molecule has 2 aromatic rings. The average Bonchev–Trinajstić information content (AvgIpc) is 3.15. The number of aromatic nitrogens is 1. The maximum absolute atomic E-state index is 13.8. The Bertz CT molecular complexity index is 1120. The number of rotatable bonds is 5. The largest absolute Gasteiger partial charge is 0.396 e. The standard InChI is InChI=1S/C24H27Cl2FN2O3/c1-12-7-13(2)28-23(31)18(12)10-29-6-5-16-20(25)9-17(22(26)21(16)24(29)32)19(11-30)14-3-4-15(27)8-14/h7,9,14-15,19,30H,3-6,8,10-11H2,1-2H3,(H,28,31)/t14?,15-,19?/m1/s1. The number of amides is 1. The first-order valence-corrected chi connectivity index (χ1v) is 11.7. The molecule has 0 radical (unpaired) electrons. The summed E-state index contributed by atoms with van der Waals surface area (Å²) >= 11 is 13.3. The van der Waals surface area contributed by atoms with Gasteiger partial charge in [0, 0.05) is 28.7 Å². The Kier molecular flexibility index (Phi) is 6.66. The molecule has 1 aromatic carbocycles. The molecule has 1 aliphatic carbocycles. The molecular weight excluding hydrogens is 454 g/mol. The minimum atomic E-state index is -0.881. The van der Waals surface area contributed by atoms with Crippen molar-refractivity contribution in [2.75, 3.05) is 13.2 Å².